The topological polar surface area (TPSA) is 66.4 Å². The highest BCUT2D eigenvalue weighted by molar-refractivity contribution is 5.84. The van der Waals surface area contributed by atoms with Gasteiger partial charge < -0.3 is 10.4 Å². The molecule has 1 amide bonds. The summed E-state index contributed by atoms with van der Waals surface area (Å²) in [6.07, 6.45) is 0.206. The summed E-state index contributed by atoms with van der Waals surface area (Å²) in [5.41, 5.74) is 2.00. The number of hydrogen-bond acceptors (Lipinski definition) is 2. The molecule has 4 nitrogen and oxygen atoms in total. The number of amides is 1. The van der Waals surface area contributed by atoms with Crippen molar-refractivity contribution in [1.82, 2.24) is 5.32 Å². The maximum Gasteiger partial charge on any atom is 0.325 e. The van der Waals surface area contributed by atoms with Crippen molar-refractivity contribution in [3.05, 3.63) is 35.4 Å². The van der Waals surface area contributed by atoms with Crippen LogP contribution in [0.1, 0.15) is 18.1 Å². The first kappa shape index (κ1) is 12.2. The SMILES string of the molecule is Cc1ccc(CC(=O)N[C@@H](C)C(=O)O)cc1. The van der Waals surface area contributed by atoms with E-state index in [1.54, 1.807) is 0 Å². The zero-order valence-corrected chi connectivity index (χ0v) is 9.36. The molecule has 86 valence electrons. The molecule has 0 saturated heterocycles. The average molecular weight is 221 g/mol. The summed E-state index contributed by atoms with van der Waals surface area (Å²) < 4.78 is 0. The molecule has 1 aromatic carbocycles. The van der Waals surface area contributed by atoms with Crippen molar-refractivity contribution in [2.45, 2.75) is 26.3 Å². The van der Waals surface area contributed by atoms with Crippen molar-refractivity contribution < 1.29 is 14.7 Å². The molecule has 0 unspecified atom stereocenters. The van der Waals surface area contributed by atoms with E-state index in [2.05, 4.69) is 5.32 Å². The molecule has 1 aromatic rings. The minimum Gasteiger partial charge on any atom is -0.480 e. The van der Waals surface area contributed by atoms with E-state index >= 15 is 0 Å². The Labute approximate surface area is 94.3 Å². The van der Waals surface area contributed by atoms with Crippen LogP contribution in [0.25, 0.3) is 0 Å². The highest BCUT2D eigenvalue weighted by Gasteiger charge is 2.13. The third kappa shape index (κ3) is 3.73. The summed E-state index contributed by atoms with van der Waals surface area (Å²) in [4.78, 5) is 22.0. The molecule has 16 heavy (non-hydrogen) atoms. The highest BCUT2D eigenvalue weighted by Crippen LogP contribution is 2.03. The molecule has 0 aliphatic heterocycles. The molecule has 0 spiro atoms. The molecule has 0 heterocycles. The average Bonchev–Trinajstić information content (AvgIpc) is 2.21. The highest BCUT2D eigenvalue weighted by atomic mass is 16.4. The van der Waals surface area contributed by atoms with Gasteiger partial charge in [-0.25, -0.2) is 0 Å². The number of rotatable bonds is 4. The lowest BCUT2D eigenvalue weighted by atomic mass is 10.1. The van der Waals surface area contributed by atoms with Gasteiger partial charge in [-0.05, 0) is 19.4 Å². The molecule has 1 rings (SSSR count). The predicted octanol–water partition coefficient (Wildman–Crippen LogP) is 1.13. The minimum atomic E-state index is -1.03. The van der Waals surface area contributed by atoms with Crippen molar-refractivity contribution in [3.8, 4) is 0 Å². The Kier molecular flexibility index (Phi) is 4.05. The number of carboxylic acid groups (broad SMARTS) is 1. The van der Waals surface area contributed by atoms with E-state index in [9.17, 15) is 9.59 Å². The van der Waals surface area contributed by atoms with Crippen LogP contribution in [0.15, 0.2) is 24.3 Å². The lowest BCUT2D eigenvalue weighted by Crippen LogP contribution is -2.39. The van der Waals surface area contributed by atoms with Gasteiger partial charge in [0.2, 0.25) is 5.91 Å². The van der Waals surface area contributed by atoms with Gasteiger partial charge in [-0.3, -0.25) is 9.59 Å². The molecule has 0 aliphatic rings. The van der Waals surface area contributed by atoms with Crippen LogP contribution in [-0.4, -0.2) is 23.0 Å². The van der Waals surface area contributed by atoms with Crippen LogP contribution in [0, 0.1) is 6.92 Å². The van der Waals surface area contributed by atoms with E-state index in [1.165, 1.54) is 6.92 Å². The normalized spacial score (nSPS) is 11.9. The number of carbonyl (C=O) groups is 2. The van der Waals surface area contributed by atoms with Crippen molar-refractivity contribution in [2.24, 2.45) is 0 Å². The van der Waals surface area contributed by atoms with Gasteiger partial charge in [-0.2, -0.15) is 0 Å². The quantitative estimate of drug-likeness (QED) is 0.800. The summed E-state index contributed by atoms with van der Waals surface area (Å²) >= 11 is 0. The van der Waals surface area contributed by atoms with E-state index in [-0.39, 0.29) is 12.3 Å². The summed E-state index contributed by atoms with van der Waals surface area (Å²) in [5, 5.41) is 11.0. The van der Waals surface area contributed by atoms with Gasteiger partial charge in [0.05, 0.1) is 6.42 Å². The Hall–Kier alpha value is -1.84. The van der Waals surface area contributed by atoms with Crippen LogP contribution >= 0.6 is 0 Å². The monoisotopic (exact) mass is 221 g/mol. The molecule has 0 bridgehead atoms. The Bertz CT molecular complexity index is 384. The Morgan fingerprint density at radius 2 is 1.88 bits per heavy atom. The van der Waals surface area contributed by atoms with Gasteiger partial charge in [-0.15, -0.1) is 0 Å². The first-order valence-electron chi connectivity index (χ1n) is 5.07. The van der Waals surface area contributed by atoms with Gasteiger partial charge in [0.15, 0.2) is 0 Å². The van der Waals surface area contributed by atoms with Crippen molar-refractivity contribution in [1.29, 1.82) is 0 Å². The Balaban J connectivity index is 2.52. The maximum absolute atomic E-state index is 11.4. The Morgan fingerprint density at radius 3 is 2.38 bits per heavy atom. The second-order valence-electron chi connectivity index (χ2n) is 3.79. The largest absolute Gasteiger partial charge is 0.480 e. The molecular formula is C12H15NO3. The van der Waals surface area contributed by atoms with E-state index in [0.717, 1.165) is 11.1 Å². The van der Waals surface area contributed by atoms with Crippen LogP contribution in [-0.2, 0) is 16.0 Å². The maximum atomic E-state index is 11.4. The lowest BCUT2D eigenvalue weighted by molar-refractivity contribution is -0.141. The molecule has 2 N–H and O–H groups in total. The fourth-order valence-corrected chi connectivity index (χ4v) is 1.25. The van der Waals surface area contributed by atoms with E-state index in [1.807, 2.05) is 31.2 Å². The van der Waals surface area contributed by atoms with Gasteiger partial charge in [-0.1, -0.05) is 29.8 Å². The summed E-state index contributed by atoms with van der Waals surface area (Å²) in [7, 11) is 0. The van der Waals surface area contributed by atoms with E-state index in [4.69, 9.17) is 5.11 Å². The zero-order chi connectivity index (χ0) is 12.1. The summed E-state index contributed by atoms with van der Waals surface area (Å²) in [5.74, 6) is -1.31. The standard InChI is InChI=1S/C12H15NO3/c1-8-3-5-10(6-4-8)7-11(14)13-9(2)12(15)16/h3-6,9H,7H2,1-2H3,(H,13,14)(H,15,16)/t9-/m0/s1. The van der Waals surface area contributed by atoms with Crippen molar-refractivity contribution >= 4 is 11.9 Å². The lowest BCUT2D eigenvalue weighted by Gasteiger charge is -2.09. The third-order valence-corrected chi connectivity index (χ3v) is 2.23. The number of hydrogen-bond donors (Lipinski definition) is 2. The fraction of sp³-hybridized carbons (Fsp3) is 0.333. The predicted molar refractivity (Wildman–Crippen MR) is 60.1 cm³/mol. The number of aryl methyl sites for hydroxylation is 1. The first-order valence-corrected chi connectivity index (χ1v) is 5.07. The number of carbonyl (C=O) groups excluding carboxylic acids is 1. The van der Waals surface area contributed by atoms with E-state index < -0.39 is 12.0 Å². The molecule has 0 aliphatic carbocycles. The van der Waals surface area contributed by atoms with Gasteiger partial charge in [0.25, 0.3) is 0 Å². The second kappa shape index (κ2) is 5.30. The zero-order valence-electron chi connectivity index (χ0n) is 9.36. The molecule has 1 atom stereocenters. The smallest absolute Gasteiger partial charge is 0.325 e. The minimum absolute atomic E-state index is 0.206. The fourth-order valence-electron chi connectivity index (χ4n) is 1.25. The van der Waals surface area contributed by atoms with Crippen molar-refractivity contribution in [3.63, 3.8) is 0 Å². The summed E-state index contributed by atoms with van der Waals surface area (Å²) in [6, 6.07) is 6.71. The summed E-state index contributed by atoms with van der Waals surface area (Å²) in [6.45, 7) is 3.41. The Morgan fingerprint density at radius 1 is 1.31 bits per heavy atom. The second-order valence-corrected chi connectivity index (χ2v) is 3.79. The first-order chi connectivity index (χ1) is 7.49. The van der Waals surface area contributed by atoms with Gasteiger partial charge in [0.1, 0.15) is 6.04 Å². The molecule has 0 aromatic heterocycles. The van der Waals surface area contributed by atoms with Crippen LogP contribution in [0.3, 0.4) is 0 Å². The van der Waals surface area contributed by atoms with Crippen LogP contribution in [0.4, 0.5) is 0 Å². The van der Waals surface area contributed by atoms with E-state index in [0.29, 0.717) is 0 Å². The van der Waals surface area contributed by atoms with Gasteiger partial charge >= 0.3 is 5.97 Å². The number of carboxylic acids is 1. The van der Waals surface area contributed by atoms with Crippen LogP contribution in [0.2, 0.25) is 0 Å². The number of nitrogens with one attached hydrogen (secondary N) is 1. The molecule has 0 fully saturated rings. The van der Waals surface area contributed by atoms with Crippen LogP contribution in [0.5, 0.6) is 0 Å². The molecule has 0 saturated carbocycles. The third-order valence-electron chi connectivity index (χ3n) is 2.23. The van der Waals surface area contributed by atoms with Crippen LogP contribution < -0.4 is 5.32 Å². The van der Waals surface area contributed by atoms with Crippen molar-refractivity contribution in [2.75, 3.05) is 0 Å². The molecule has 4 heteroatoms. The number of benzene rings is 1. The van der Waals surface area contributed by atoms with Gasteiger partial charge in [0, 0.05) is 0 Å². The molecule has 0 radical (unpaired) electrons. The number of aliphatic carboxylic acids is 1. The molecular weight excluding hydrogens is 206 g/mol.